The van der Waals surface area contributed by atoms with Crippen molar-refractivity contribution in [3.8, 4) is 17.2 Å². The molecule has 0 aliphatic rings. The van der Waals surface area contributed by atoms with Crippen LogP contribution in [0.1, 0.15) is 18.9 Å². The Kier molecular flexibility index (Phi) is 6.08. The highest BCUT2D eigenvalue weighted by Crippen LogP contribution is 2.24. The van der Waals surface area contributed by atoms with Gasteiger partial charge >= 0.3 is 5.97 Å². The average molecular weight is 388 g/mol. The molecule has 0 radical (unpaired) electrons. The minimum Gasteiger partial charge on any atom is -0.497 e. The first kappa shape index (κ1) is 18.9. The third kappa shape index (κ3) is 5.07. The van der Waals surface area contributed by atoms with Gasteiger partial charge in [0.2, 0.25) is 5.89 Å². The van der Waals surface area contributed by atoms with Crippen molar-refractivity contribution in [2.75, 3.05) is 12.9 Å². The number of thioether (sulfide) groups is 1. The molecule has 3 aromatic rings. The summed E-state index contributed by atoms with van der Waals surface area (Å²) in [5.74, 6) is 0.567. The number of rotatable bonds is 7. The molecule has 0 bridgehead atoms. The van der Waals surface area contributed by atoms with Crippen molar-refractivity contribution in [3.05, 3.63) is 60.2 Å². The van der Waals surface area contributed by atoms with E-state index < -0.39 is 12.1 Å². The Morgan fingerprint density at radius 2 is 1.85 bits per heavy atom. The van der Waals surface area contributed by atoms with Crippen molar-refractivity contribution in [2.24, 2.45) is 0 Å². The Balaban J connectivity index is 1.54. The summed E-state index contributed by atoms with van der Waals surface area (Å²) in [4.78, 5) is 13.0. The first-order chi connectivity index (χ1) is 13.0. The molecule has 1 heterocycles. The Labute approximate surface area is 159 Å². The second-order valence-electron chi connectivity index (χ2n) is 5.55. The van der Waals surface area contributed by atoms with Crippen LogP contribution in [0.2, 0.25) is 0 Å². The lowest BCUT2D eigenvalue weighted by Gasteiger charge is -2.09. The minimum atomic E-state index is -0.685. The fourth-order valence-electron chi connectivity index (χ4n) is 2.20. The molecule has 0 amide bonds. The summed E-state index contributed by atoms with van der Waals surface area (Å²) in [5, 5.41) is 7.80. The predicted molar refractivity (Wildman–Crippen MR) is 97.9 cm³/mol. The van der Waals surface area contributed by atoms with Crippen LogP contribution in [-0.4, -0.2) is 29.0 Å². The standard InChI is InChI=1S/C19H17FN2O4S/c1-12(18-21-22-19(26-18)13-3-5-14(20)6-4-13)25-17(23)11-27-16-9-7-15(24-2)8-10-16/h3-10,12H,11H2,1-2H3/t12-/m1/s1. The molecule has 140 valence electrons. The van der Waals surface area contributed by atoms with Crippen molar-refractivity contribution < 1.29 is 23.1 Å². The molecule has 0 spiro atoms. The third-order valence-corrected chi connectivity index (χ3v) is 4.59. The zero-order valence-electron chi connectivity index (χ0n) is 14.7. The predicted octanol–water partition coefficient (Wildman–Crippen LogP) is 4.28. The number of ether oxygens (including phenoxy) is 2. The Bertz CT molecular complexity index is 897. The lowest BCUT2D eigenvalue weighted by atomic mass is 10.2. The van der Waals surface area contributed by atoms with Gasteiger partial charge in [0.15, 0.2) is 6.10 Å². The van der Waals surface area contributed by atoms with E-state index in [0.29, 0.717) is 5.56 Å². The number of esters is 1. The molecular formula is C19H17FN2O4S. The van der Waals surface area contributed by atoms with E-state index in [-0.39, 0.29) is 23.4 Å². The van der Waals surface area contributed by atoms with E-state index in [2.05, 4.69) is 10.2 Å². The zero-order chi connectivity index (χ0) is 19.2. The Morgan fingerprint density at radius 3 is 2.52 bits per heavy atom. The molecule has 0 aliphatic heterocycles. The number of hydrogen-bond donors (Lipinski definition) is 0. The molecule has 8 heteroatoms. The lowest BCUT2D eigenvalue weighted by Crippen LogP contribution is -2.11. The monoisotopic (exact) mass is 388 g/mol. The van der Waals surface area contributed by atoms with Gasteiger partial charge in [0.05, 0.1) is 12.9 Å². The summed E-state index contributed by atoms with van der Waals surface area (Å²) in [7, 11) is 1.60. The number of hydrogen-bond acceptors (Lipinski definition) is 7. The van der Waals surface area contributed by atoms with E-state index in [4.69, 9.17) is 13.9 Å². The number of aromatic nitrogens is 2. The van der Waals surface area contributed by atoms with Crippen molar-refractivity contribution in [1.82, 2.24) is 10.2 Å². The van der Waals surface area contributed by atoms with Crippen LogP contribution in [0.5, 0.6) is 5.75 Å². The van der Waals surface area contributed by atoms with E-state index in [1.54, 1.807) is 14.0 Å². The molecule has 0 saturated heterocycles. The van der Waals surface area contributed by atoms with Crippen molar-refractivity contribution in [2.45, 2.75) is 17.9 Å². The van der Waals surface area contributed by atoms with Crippen LogP contribution in [0.4, 0.5) is 4.39 Å². The smallest absolute Gasteiger partial charge is 0.317 e. The van der Waals surface area contributed by atoms with E-state index in [1.807, 2.05) is 24.3 Å². The zero-order valence-corrected chi connectivity index (χ0v) is 15.5. The molecule has 0 aliphatic carbocycles. The quantitative estimate of drug-likeness (QED) is 0.442. The lowest BCUT2D eigenvalue weighted by molar-refractivity contribution is -0.146. The molecule has 3 rings (SSSR count). The van der Waals surface area contributed by atoms with Gasteiger partial charge in [0.1, 0.15) is 11.6 Å². The maximum absolute atomic E-state index is 13.0. The molecule has 6 nitrogen and oxygen atoms in total. The summed E-state index contributed by atoms with van der Waals surface area (Å²) in [6.07, 6.45) is -0.685. The van der Waals surface area contributed by atoms with Gasteiger partial charge in [-0.3, -0.25) is 4.79 Å². The van der Waals surface area contributed by atoms with Gasteiger partial charge in [-0.1, -0.05) is 0 Å². The highest BCUT2D eigenvalue weighted by molar-refractivity contribution is 8.00. The fraction of sp³-hybridized carbons (Fsp3) is 0.211. The van der Waals surface area contributed by atoms with Crippen LogP contribution in [-0.2, 0) is 9.53 Å². The van der Waals surface area contributed by atoms with Gasteiger partial charge in [0.25, 0.3) is 5.89 Å². The van der Waals surface area contributed by atoms with E-state index >= 15 is 0 Å². The molecule has 2 aromatic carbocycles. The summed E-state index contributed by atoms with van der Waals surface area (Å²) in [6, 6.07) is 13.1. The van der Waals surface area contributed by atoms with Gasteiger partial charge < -0.3 is 13.9 Å². The normalized spacial score (nSPS) is 11.8. The largest absolute Gasteiger partial charge is 0.497 e. The third-order valence-electron chi connectivity index (χ3n) is 3.60. The molecule has 0 unspecified atom stereocenters. The summed E-state index contributed by atoms with van der Waals surface area (Å²) >= 11 is 1.36. The van der Waals surface area contributed by atoms with Crippen molar-refractivity contribution >= 4 is 17.7 Å². The first-order valence-electron chi connectivity index (χ1n) is 8.11. The summed E-state index contributed by atoms with van der Waals surface area (Å²) < 4.78 is 28.9. The molecular weight excluding hydrogens is 371 g/mol. The van der Waals surface area contributed by atoms with Crippen LogP contribution in [0.3, 0.4) is 0 Å². The van der Waals surface area contributed by atoms with Crippen LogP contribution in [0, 0.1) is 5.82 Å². The number of halogens is 1. The maximum atomic E-state index is 13.0. The molecule has 1 aromatic heterocycles. The van der Waals surface area contributed by atoms with Gasteiger partial charge in [-0.2, -0.15) is 0 Å². The topological polar surface area (TPSA) is 74.5 Å². The number of methoxy groups -OCH3 is 1. The number of nitrogens with zero attached hydrogens (tertiary/aromatic N) is 2. The van der Waals surface area contributed by atoms with Crippen LogP contribution < -0.4 is 4.74 Å². The minimum absolute atomic E-state index is 0.148. The van der Waals surface area contributed by atoms with Crippen LogP contribution in [0.25, 0.3) is 11.5 Å². The molecule has 0 saturated carbocycles. The van der Waals surface area contributed by atoms with Gasteiger partial charge in [-0.25, -0.2) is 4.39 Å². The van der Waals surface area contributed by atoms with Gasteiger partial charge in [-0.05, 0) is 55.5 Å². The highest BCUT2D eigenvalue weighted by atomic mass is 32.2. The maximum Gasteiger partial charge on any atom is 0.317 e. The van der Waals surface area contributed by atoms with E-state index in [1.165, 1.54) is 36.0 Å². The molecule has 0 fully saturated rings. The number of benzene rings is 2. The van der Waals surface area contributed by atoms with Gasteiger partial charge in [-0.15, -0.1) is 22.0 Å². The SMILES string of the molecule is COc1ccc(SCC(=O)O[C@H](C)c2nnc(-c3ccc(F)cc3)o2)cc1. The van der Waals surface area contributed by atoms with E-state index in [9.17, 15) is 9.18 Å². The Morgan fingerprint density at radius 1 is 1.15 bits per heavy atom. The van der Waals surface area contributed by atoms with Crippen LogP contribution in [0.15, 0.2) is 57.8 Å². The Hall–Kier alpha value is -2.87. The highest BCUT2D eigenvalue weighted by Gasteiger charge is 2.19. The molecule has 1 atom stereocenters. The fourth-order valence-corrected chi connectivity index (χ4v) is 2.88. The first-order valence-corrected chi connectivity index (χ1v) is 9.09. The molecule has 0 N–H and O–H groups in total. The second-order valence-corrected chi connectivity index (χ2v) is 6.60. The number of carbonyl (C=O) groups excluding carboxylic acids is 1. The van der Waals surface area contributed by atoms with E-state index in [0.717, 1.165) is 10.6 Å². The number of carbonyl (C=O) groups is 1. The second kappa shape index (κ2) is 8.68. The molecule has 27 heavy (non-hydrogen) atoms. The van der Waals surface area contributed by atoms with Crippen LogP contribution >= 0.6 is 11.8 Å². The summed E-state index contributed by atoms with van der Waals surface area (Å²) in [5.41, 5.74) is 0.587. The average Bonchev–Trinajstić information content (AvgIpc) is 3.18. The summed E-state index contributed by atoms with van der Waals surface area (Å²) in [6.45, 7) is 1.65. The van der Waals surface area contributed by atoms with Crippen molar-refractivity contribution in [1.29, 1.82) is 0 Å². The van der Waals surface area contributed by atoms with Crippen molar-refractivity contribution in [3.63, 3.8) is 0 Å². The van der Waals surface area contributed by atoms with Gasteiger partial charge in [0, 0.05) is 10.5 Å².